The summed E-state index contributed by atoms with van der Waals surface area (Å²) in [4.78, 5) is 3.63. The topological polar surface area (TPSA) is 47.0 Å². The number of hydrogen-bond acceptors (Lipinski definition) is 3. The Morgan fingerprint density at radius 3 is 2.37 bits per heavy atom. The summed E-state index contributed by atoms with van der Waals surface area (Å²) in [6, 6.07) is 6.95. The molecular weight excluding hydrogens is 272 g/mol. The van der Waals surface area contributed by atoms with Crippen molar-refractivity contribution in [3.63, 3.8) is 0 Å². The molecule has 0 aliphatic heterocycles. The van der Waals surface area contributed by atoms with E-state index in [0.717, 1.165) is 35.7 Å². The molecule has 0 radical (unpaired) electrons. The molecule has 0 saturated carbocycles. The first-order chi connectivity index (χ1) is 8.99. The van der Waals surface area contributed by atoms with Crippen molar-refractivity contribution in [1.29, 1.82) is 0 Å². The molecule has 3 nitrogen and oxygen atoms in total. The zero-order chi connectivity index (χ0) is 13.9. The van der Waals surface area contributed by atoms with Crippen LogP contribution in [0.5, 0.6) is 0 Å². The van der Waals surface area contributed by atoms with Crippen LogP contribution in [0.25, 0.3) is 6.08 Å². The largest absolute Gasteiger partial charge is 0.254 e. The molecule has 6 heteroatoms. The summed E-state index contributed by atoms with van der Waals surface area (Å²) >= 11 is 0. The van der Waals surface area contributed by atoms with Gasteiger partial charge in [0.05, 0.1) is 10.6 Å². The first kappa shape index (κ1) is 13.4. The van der Waals surface area contributed by atoms with Crippen LogP contribution in [-0.4, -0.2) is 13.4 Å². The molecule has 2 rings (SSSR count). The van der Waals surface area contributed by atoms with Crippen molar-refractivity contribution in [3.05, 3.63) is 65.3 Å². The summed E-state index contributed by atoms with van der Waals surface area (Å²) in [5.74, 6) is -1.15. The molecule has 0 spiro atoms. The molecule has 19 heavy (non-hydrogen) atoms. The summed E-state index contributed by atoms with van der Waals surface area (Å²) in [6.45, 7) is 0. The Morgan fingerprint density at radius 2 is 1.74 bits per heavy atom. The standard InChI is InChI=1S/C13H9F2NO2S/c14-10-3-5-11(6-4-10)19(17,18)9-7-13-12(15)2-1-8-16-13/h1-9H/b9-7+. The predicted molar refractivity (Wildman–Crippen MR) is 66.8 cm³/mol. The number of benzene rings is 1. The molecule has 0 atom stereocenters. The highest BCUT2D eigenvalue weighted by molar-refractivity contribution is 7.94. The number of hydrogen-bond donors (Lipinski definition) is 0. The first-order valence-corrected chi connectivity index (χ1v) is 6.83. The minimum Gasteiger partial charge on any atom is -0.254 e. The molecule has 0 saturated heterocycles. The average Bonchev–Trinajstić information content (AvgIpc) is 2.38. The lowest BCUT2D eigenvalue weighted by Gasteiger charge is -1.99. The predicted octanol–water partition coefficient (Wildman–Crippen LogP) is 2.80. The fraction of sp³-hybridized carbons (Fsp3) is 0. The van der Waals surface area contributed by atoms with Gasteiger partial charge in [-0.2, -0.15) is 0 Å². The zero-order valence-electron chi connectivity index (χ0n) is 9.62. The van der Waals surface area contributed by atoms with Gasteiger partial charge < -0.3 is 0 Å². The van der Waals surface area contributed by atoms with Crippen LogP contribution in [0.4, 0.5) is 8.78 Å². The number of halogens is 2. The van der Waals surface area contributed by atoms with Gasteiger partial charge in [-0.25, -0.2) is 17.2 Å². The van der Waals surface area contributed by atoms with E-state index in [0.29, 0.717) is 0 Å². The van der Waals surface area contributed by atoms with Crippen molar-refractivity contribution in [3.8, 4) is 0 Å². The van der Waals surface area contributed by atoms with E-state index in [4.69, 9.17) is 0 Å². The van der Waals surface area contributed by atoms with Crippen LogP contribution in [0.2, 0.25) is 0 Å². The van der Waals surface area contributed by atoms with Crippen LogP contribution in [-0.2, 0) is 9.84 Å². The molecule has 0 aliphatic rings. The lowest BCUT2D eigenvalue weighted by atomic mass is 10.3. The Balaban J connectivity index is 2.32. The summed E-state index contributed by atoms with van der Waals surface area (Å²) < 4.78 is 49.7. The van der Waals surface area contributed by atoms with Crippen molar-refractivity contribution < 1.29 is 17.2 Å². The van der Waals surface area contributed by atoms with E-state index in [1.165, 1.54) is 18.3 Å². The molecule has 98 valence electrons. The second-order valence-electron chi connectivity index (χ2n) is 3.67. The molecule has 1 heterocycles. The molecule has 2 aromatic rings. The van der Waals surface area contributed by atoms with E-state index in [2.05, 4.69) is 4.98 Å². The Hall–Kier alpha value is -2.08. The van der Waals surface area contributed by atoms with Crippen molar-refractivity contribution in [1.82, 2.24) is 4.98 Å². The molecular formula is C13H9F2NO2S. The molecule has 0 fully saturated rings. The van der Waals surface area contributed by atoms with Crippen LogP contribution in [0.1, 0.15) is 5.69 Å². The van der Waals surface area contributed by atoms with Gasteiger partial charge in [-0.15, -0.1) is 0 Å². The van der Waals surface area contributed by atoms with Gasteiger partial charge in [-0.3, -0.25) is 4.98 Å². The van der Waals surface area contributed by atoms with Crippen molar-refractivity contribution in [2.45, 2.75) is 4.90 Å². The van der Waals surface area contributed by atoms with Crippen LogP contribution >= 0.6 is 0 Å². The fourth-order valence-corrected chi connectivity index (χ4v) is 2.36. The van der Waals surface area contributed by atoms with Gasteiger partial charge in [0.1, 0.15) is 11.6 Å². The first-order valence-electron chi connectivity index (χ1n) is 5.28. The summed E-state index contributed by atoms with van der Waals surface area (Å²) in [6.07, 6.45) is 2.42. The minimum atomic E-state index is -3.75. The van der Waals surface area contributed by atoms with Crippen molar-refractivity contribution >= 4 is 15.9 Å². The van der Waals surface area contributed by atoms with Crippen LogP contribution in [0, 0.1) is 11.6 Å². The Bertz CT molecular complexity index is 710. The van der Waals surface area contributed by atoms with E-state index in [1.54, 1.807) is 0 Å². The van der Waals surface area contributed by atoms with Crippen molar-refractivity contribution in [2.24, 2.45) is 0 Å². The second-order valence-corrected chi connectivity index (χ2v) is 5.51. The van der Waals surface area contributed by atoms with E-state index in [-0.39, 0.29) is 10.6 Å². The number of sulfone groups is 1. The summed E-state index contributed by atoms with van der Waals surface area (Å²) in [5.41, 5.74) is -0.0758. The lowest BCUT2D eigenvalue weighted by molar-refractivity contribution is 0.603. The maximum atomic E-state index is 13.3. The second kappa shape index (κ2) is 5.27. The number of rotatable bonds is 3. The SMILES string of the molecule is O=S(=O)(/C=C/c1ncccc1F)c1ccc(F)cc1. The third kappa shape index (κ3) is 3.23. The van der Waals surface area contributed by atoms with Gasteiger partial charge >= 0.3 is 0 Å². The normalized spacial score (nSPS) is 11.9. The molecule has 0 unspecified atom stereocenters. The number of nitrogens with zero attached hydrogens (tertiary/aromatic N) is 1. The van der Waals surface area contributed by atoms with Gasteiger partial charge in [-0.1, -0.05) is 0 Å². The van der Waals surface area contributed by atoms with Gasteiger partial charge in [-0.05, 0) is 42.5 Å². The molecule has 0 bridgehead atoms. The molecule has 0 aliphatic carbocycles. The minimum absolute atomic E-state index is 0.0681. The number of pyridine rings is 1. The molecule has 1 aromatic carbocycles. The van der Waals surface area contributed by atoms with Gasteiger partial charge in [0.15, 0.2) is 9.84 Å². The van der Waals surface area contributed by atoms with Gasteiger partial charge in [0, 0.05) is 11.6 Å². The zero-order valence-corrected chi connectivity index (χ0v) is 10.4. The van der Waals surface area contributed by atoms with E-state index < -0.39 is 21.5 Å². The van der Waals surface area contributed by atoms with Gasteiger partial charge in [0.25, 0.3) is 0 Å². The summed E-state index contributed by atoms with van der Waals surface area (Å²) in [7, 11) is -3.75. The maximum absolute atomic E-state index is 13.3. The van der Waals surface area contributed by atoms with E-state index in [9.17, 15) is 17.2 Å². The van der Waals surface area contributed by atoms with Crippen LogP contribution in [0.3, 0.4) is 0 Å². The molecule has 1 aromatic heterocycles. The smallest absolute Gasteiger partial charge is 0.199 e. The molecule has 0 amide bonds. The lowest BCUT2D eigenvalue weighted by Crippen LogP contribution is -1.96. The monoisotopic (exact) mass is 281 g/mol. The number of aromatic nitrogens is 1. The van der Waals surface area contributed by atoms with Crippen LogP contribution in [0.15, 0.2) is 52.9 Å². The van der Waals surface area contributed by atoms with Crippen LogP contribution < -0.4 is 0 Å². The van der Waals surface area contributed by atoms with E-state index >= 15 is 0 Å². The molecule has 0 N–H and O–H groups in total. The highest BCUT2D eigenvalue weighted by Gasteiger charge is 2.10. The van der Waals surface area contributed by atoms with Gasteiger partial charge in [0.2, 0.25) is 0 Å². The average molecular weight is 281 g/mol. The Morgan fingerprint density at radius 1 is 1.05 bits per heavy atom. The summed E-state index contributed by atoms with van der Waals surface area (Å²) in [5, 5.41) is 0.839. The Kier molecular flexibility index (Phi) is 3.71. The van der Waals surface area contributed by atoms with Crippen molar-refractivity contribution in [2.75, 3.05) is 0 Å². The van der Waals surface area contributed by atoms with E-state index in [1.807, 2.05) is 0 Å². The third-order valence-electron chi connectivity index (χ3n) is 2.33. The highest BCUT2D eigenvalue weighted by atomic mass is 32.2. The highest BCUT2D eigenvalue weighted by Crippen LogP contribution is 2.14. The fourth-order valence-electron chi connectivity index (χ4n) is 1.38. The third-order valence-corrected chi connectivity index (χ3v) is 3.76. The Labute approximate surface area is 109 Å². The maximum Gasteiger partial charge on any atom is 0.199 e. The quantitative estimate of drug-likeness (QED) is 0.813.